The Kier molecular flexibility index (Phi) is 16.7. The van der Waals surface area contributed by atoms with Gasteiger partial charge in [-0.25, -0.2) is 33.4 Å². The van der Waals surface area contributed by atoms with E-state index in [1.54, 1.807) is 72.0 Å². The Morgan fingerprint density at radius 2 is 1.56 bits per heavy atom. The quantitative estimate of drug-likeness (QED) is 0.0478. The number of hydrogen-bond donors (Lipinski definition) is 4. The molecule has 2 heterocycles. The number of ether oxygens (including phenoxy) is 3. The summed E-state index contributed by atoms with van der Waals surface area (Å²) in [6.45, 7) is 11.2. The minimum Gasteiger partial charge on any atom is -0.444 e. The minimum absolute atomic E-state index is 0.0599. The number of hydrogen-bond acceptors (Lipinski definition) is 11. The fourth-order valence-electron chi connectivity index (χ4n) is 6.27. The molecule has 61 heavy (non-hydrogen) atoms. The summed E-state index contributed by atoms with van der Waals surface area (Å²) in [5.74, 6) is 4.88. The summed E-state index contributed by atoms with van der Waals surface area (Å²) in [4.78, 5) is 35.7. The number of aliphatic imine (C=N–C) groups is 1. The number of aromatic nitrogens is 1. The van der Waals surface area contributed by atoms with Crippen molar-refractivity contribution < 1.29 is 46.5 Å². The van der Waals surface area contributed by atoms with Gasteiger partial charge in [-0.05, 0) is 109 Å². The van der Waals surface area contributed by atoms with Gasteiger partial charge in [0, 0.05) is 67.1 Å². The molecule has 1 aliphatic rings. The van der Waals surface area contributed by atoms with Crippen LogP contribution in [0.25, 0.3) is 5.57 Å². The van der Waals surface area contributed by atoms with Crippen LogP contribution in [0.3, 0.4) is 0 Å². The number of benzene rings is 2. The molecule has 2 aromatic carbocycles. The molecular weight excluding hydrogens is 799 g/mol. The van der Waals surface area contributed by atoms with Gasteiger partial charge < -0.3 is 35.3 Å². The first-order valence-electron chi connectivity index (χ1n) is 19.7. The molecule has 3 aromatic rings. The number of allylic oxidation sites excluding steroid dienone is 1. The highest BCUT2D eigenvalue weighted by Gasteiger charge is 2.30. The smallest absolute Gasteiger partial charge is 0.422 e. The number of nitrogens with zero attached hydrogens (tertiary/aromatic N) is 4. The van der Waals surface area contributed by atoms with Gasteiger partial charge in [0.25, 0.3) is 0 Å². The number of carbonyl (C=O) groups is 2. The molecule has 0 bridgehead atoms. The van der Waals surface area contributed by atoms with Crippen molar-refractivity contribution in [3.63, 3.8) is 0 Å². The summed E-state index contributed by atoms with van der Waals surface area (Å²) in [6.07, 6.45) is 0.233. The number of nitrogens with one attached hydrogen (secondary N) is 2. The topological polar surface area (TPSA) is 164 Å². The number of aliphatic hydroxyl groups excluding tert-OH is 1. The van der Waals surface area contributed by atoms with Gasteiger partial charge >= 0.3 is 18.7 Å². The number of hydrazine groups is 1. The van der Waals surface area contributed by atoms with E-state index >= 15 is 8.78 Å². The van der Waals surface area contributed by atoms with Gasteiger partial charge in [-0.3, -0.25) is 5.43 Å². The van der Waals surface area contributed by atoms with Crippen molar-refractivity contribution in [3.8, 4) is 11.8 Å². The van der Waals surface area contributed by atoms with E-state index in [2.05, 4.69) is 37.5 Å². The summed E-state index contributed by atoms with van der Waals surface area (Å²) in [7, 11) is 0. The average Bonchev–Trinajstić information content (AvgIpc) is 3.14. The molecule has 5 N–H and O–H groups in total. The van der Waals surface area contributed by atoms with Crippen LogP contribution in [0.15, 0.2) is 65.9 Å². The highest BCUT2D eigenvalue weighted by molar-refractivity contribution is 6.09. The zero-order valence-corrected chi connectivity index (χ0v) is 35.6. The van der Waals surface area contributed by atoms with Gasteiger partial charge in [-0.2, -0.15) is 8.78 Å². The average molecular weight is 854 g/mol. The monoisotopic (exact) mass is 853 g/mol. The van der Waals surface area contributed by atoms with Crippen molar-refractivity contribution in [2.24, 2.45) is 10.7 Å². The van der Waals surface area contributed by atoms with E-state index in [1.165, 1.54) is 0 Å². The van der Waals surface area contributed by atoms with Crippen LogP contribution >= 0.6 is 0 Å². The van der Waals surface area contributed by atoms with E-state index in [0.29, 0.717) is 17.3 Å². The first-order chi connectivity index (χ1) is 28.6. The van der Waals surface area contributed by atoms with Crippen LogP contribution in [0, 0.1) is 23.5 Å². The van der Waals surface area contributed by atoms with E-state index in [-0.39, 0.29) is 29.8 Å². The molecule has 0 radical (unpaired) electrons. The summed E-state index contributed by atoms with van der Waals surface area (Å²) < 4.78 is 73.1. The standard InChI is InChI=1S/C44H55F4N7O6/c1-27-23-54(24-28(2)59-27)39-16-15-31(21-50-39)14-11-29-9-12-30(13-10-29)17-37(52-41(57)60-43(3,4)5)38(56)26-55(53-42(58)61-44(6,7)8)25-34-35(45)18-32(19-36(34)46)33(20-49)22-51-40(47)48/h9-10,12-13,15-16,18-22,27-28,37-38,40,56H,17,23-26,49H2,1-8H3,(H,52,57)(H,53,58)/t27-,28+,37-,38-/m0/s1. The van der Waals surface area contributed by atoms with Gasteiger partial charge in [0.1, 0.15) is 28.7 Å². The molecule has 4 atom stereocenters. The number of morpholine rings is 1. The largest absolute Gasteiger partial charge is 0.444 e. The van der Waals surface area contributed by atoms with Crippen molar-refractivity contribution in [1.29, 1.82) is 0 Å². The number of pyridine rings is 1. The Morgan fingerprint density at radius 1 is 0.984 bits per heavy atom. The zero-order valence-electron chi connectivity index (χ0n) is 35.6. The van der Waals surface area contributed by atoms with Crippen molar-refractivity contribution in [2.75, 3.05) is 24.5 Å². The van der Waals surface area contributed by atoms with Crippen LogP contribution in [-0.2, 0) is 27.2 Å². The molecule has 1 saturated heterocycles. The highest BCUT2D eigenvalue weighted by Crippen LogP contribution is 2.23. The molecule has 0 saturated carbocycles. The summed E-state index contributed by atoms with van der Waals surface area (Å²) >= 11 is 0. The highest BCUT2D eigenvalue weighted by atomic mass is 19.3. The number of halogens is 4. The summed E-state index contributed by atoms with van der Waals surface area (Å²) in [5.41, 5.74) is 7.30. The molecule has 0 spiro atoms. The van der Waals surface area contributed by atoms with E-state index in [4.69, 9.17) is 19.9 Å². The van der Waals surface area contributed by atoms with Gasteiger partial charge in [0.2, 0.25) is 0 Å². The van der Waals surface area contributed by atoms with Crippen molar-refractivity contribution in [2.45, 2.75) is 110 Å². The number of anilines is 1. The summed E-state index contributed by atoms with van der Waals surface area (Å²) in [6, 6.07) is 11.7. The maximum absolute atomic E-state index is 15.6. The normalized spacial score (nSPS) is 17.2. The van der Waals surface area contributed by atoms with Crippen LogP contribution in [0.4, 0.5) is 33.0 Å². The fraction of sp³-hybridized carbons (Fsp3) is 0.455. The van der Waals surface area contributed by atoms with Crippen molar-refractivity contribution in [3.05, 3.63) is 100 Å². The minimum atomic E-state index is -3.07. The molecule has 330 valence electrons. The Labute approximate surface area is 354 Å². The van der Waals surface area contributed by atoms with Gasteiger partial charge in [-0.15, -0.1) is 0 Å². The van der Waals surface area contributed by atoms with Crippen LogP contribution in [-0.4, -0.2) is 95.2 Å². The van der Waals surface area contributed by atoms with Crippen LogP contribution in [0.5, 0.6) is 0 Å². The van der Waals surface area contributed by atoms with E-state index in [9.17, 15) is 23.5 Å². The number of alkyl halides is 2. The van der Waals surface area contributed by atoms with Crippen LogP contribution in [0.1, 0.15) is 83.2 Å². The lowest BCUT2D eigenvalue weighted by atomic mass is 9.99. The molecule has 17 heteroatoms. The second-order valence-electron chi connectivity index (χ2n) is 16.6. The fourth-order valence-corrected chi connectivity index (χ4v) is 6.27. The van der Waals surface area contributed by atoms with Crippen LogP contribution in [0.2, 0.25) is 0 Å². The third kappa shape index (κ3) is 16.0. The lowest BCUT2D eigenvalue weighted by molar-refractivity contribution is -0.00547. The molecule has 2 amide bonds. The van der Waals surface area contributed by atoms with Gasteiger partial charge in [0.15, 0.2) is 0 Å². The maximum atomic E-state index is 15.6. The van der Waals surface area contributed by atoms with E-state index in [0.717, 1.165) is 47.8 Å². The Balaban J connectivity index is 1.56. The predicted molar refractivity (Wildman–Crippen MR) is 225 cm³/mol. The molecule has 13 nitrogen and oxygen atoms in total. The number of alkyl carbamates (subject to hydrolysis) is 1. The Hall–Kier alpha value is -5.70. The van der Waals surface area contributed by atoms with Gasteiger partial charge in [0.05, 0.1) is 24.4 Å². The molecule has 0 unspecified atom stereocenters. The lowest BCUT2D eigenvalue weighted by Gasteiger charge is -2.36. The second kappa shape index (κ2) is 21.2. The third-order valence-corrected chi connectivity index (χ3v) is 8.80. The molecule has 1 fully saturated rings. The van der Waals surface area contributed by atoms with Crippen molar-refractivity contribution in [1.82, 2.24) is 20.7 Å². The molecular formula is C44H55F4N7O6. The lowest BCUT2D eigenvalue weighted by Crippen LogP contribution is -2.54. The predicted octanol–water partition coefficient (Wildman–Crippen LogP) is 6.70. The van der Waals surface area contributed by atoms with Crippen LogP contribution < -0.4 is 21.4 Å². The van der Waals surface area contributed by atoms with E-state index in [1.807, 2.05) is 26.0 Å². The number of aliphatic hydroxyl groups is 1. The molecule has 0 aliphatic carbocycles. The van der Waals surface area contributed by atoms with E-state index < -0.39 is 72.4 Å². The number of carbonyl (C=O) groups excluding carboxylic acids is 2. The van der Waals surface area contributed by atoms with Gasteiger partial charge in [-0.1, -0.05) is 24.0 Å². The zero-order chi connectivity index (χ0) is 45.1. The SMILES string of the molecule is C[C@@H]1CN(c2ccc(C#Cc3ccc(C[C@H](NC(=O)OC(C)(C)C)[C@@H](O)CN(Cc4c(F)cc(C(C=NC(F)F)=CN)cc4F)NC(=O)OC(C)(C)C)cc3)cn2)C[C@H](C)O1. The molecule has 4 rings (SSSR count). The first kappa shape index (κ1) is 48.0. The first-order valence-corrected chi connectivity index (χ1v) is 19.7. The number of nitrogens with two attached hydrogens (primary N) is 1. The second-order valence-corrected chi connectivity index (χ2v) is 16.6. The number of rotatable bonds is 13. The third-order valence-electron chi connectivity index (χ3n) is 8.80. The molecule has 1 aromatic heterocycles. The maximum Gasteiger partial charge on any atom is 0.422 e. The van der Waals surface area contributed by atoms with Crippen molar-refractivity contribution >= 4 is 29.8 Å². The number of amides is 2. The summed E-state index contributed by atoms with van der Waals surface area (Å²) in [5, 5.41) is 15.4. The Bertz CT molecular complexity index is 2040. The Morgan fingerprint density at radius 3 is 2.10 bits per heavy atom. The molecule has 1 aliphatic heterocycles.